The summed E-state index contributed by atoms with van der Waals surface area (Å²) in [7, 11) is 1.69. The predicted octanol–water partition coefficient (Wildman–Crippen LogP) is 2.13. The molecule has 17 heavy (non-hydrogen) atoms. The molecule has 3 nitrogen and oxygen atoms in total. The summed E-state index contributed by atoms with van der Waals surface area (Å²) < 4.78 is 12.9. The van der Waals surface area contributed by atoms with Gasteiger partial charge in [0, 0.05) is 26.4 Å². The highest BCUT2D eigenvalue weighted by molar-refractivity contribution is 5.76. The van der Waals surface area contributed by atoms with Crippen molar-refractivity contribution >= 4 is 5.91 Å². The molecular weight excluding hydrogens is 219 g/mol. The molecule has 0 aliphatic heterocycles. The van der Waals surface area contributed by atoms with E-state index >= 15 is 0 Å². The summed E-state index contributed by atoms with van der Waals surface area (Å²) in [5, 5.41) is 8.37. The highest BCUT2D eigenvalue weighted by Gasteiger charge is 2.07. The first-order valence-corrected chi connectivity index (χ1v) is 5.49. The van der Waals surface area contributed by atoms with Gasteiger partial charge in [-0.05, 0) is 24.1 Å². The zero-order valence-electron chi connectivity index (χ0n) is 9.82. The molecule has 4 heteroatoms. The number of halogens is 1. The molecule has 0 aromatic heterocycles. The molecule has 0 saturated heterocycles. The average molecular weight is 234 g/mol. The van der Waals surface area contributed by atoms with Crippen LogP contribution in [0.15, 0.2) is 24.3 Å². The second kappa shape index (κ2) is 6.64. The van der Waals surface area contributed by atoms with Gasteiger partial charge in [-0.25, -0.2) is 4.39 Å². The van der Waals surface area contributed by atoms with Crippen LogP contribution in [0.3, 0.4) is 0 Å². The van der Waals surface area contributed by atoms with Gasteiger partial charge in [0.05, 0.1) is 6.07 Å². The first-order chi connectivity index (χ1) is 8.13. The number of benzene rings is 1. The van der Waals surface area contributed by atoms with E-state index in [4.69, 9.17) is 5.26 Å². The number of hydrogen-bond acceptors (Lipinski definition) is 2. The lowest BCUT2D eigenvalue weighted by Gasteiger charge is -2.16. The Hall–Kier alpha value is -1.89. The van der Waals surface area contributed by atoms with Crippen LogP contribution in [0.2, 0.25) is 0 Å². The number of likely N-dealkylation sites (N-methyl/N-ethyl adjacent to an activating group) is 1. The lowest BCUT2D eigenvalue weighted by atomic mass is 10.1. The molecule has 0 bridgehead atoms. The van der Waals surface area contributed by atoms with Crippen molar-refractivity contribution < 1.29 is 9.18 Å². The molecule has 0 unspecified atom stereocenters. The Morgan fingerprint density at radius 3 is 2.94 bits per heavy atom. The van der Waals surface area contributed by atoms with Crippen molar-refractivity contribution in [2.24, 2.45) is 0 Å². The quantitative estimate of drug-likeness (QED) is 0.783. The second-order valence-electron chi connectivity index (χ2n) is 3.85. The number of amides is 1. The monoisotopic (exact) mass is 234 g/mol. The standard InChI is InChI=1S/C13H15FN2O/c1-16(13(17)6-3-8-15)9-7-11-4-2-5-12(14)10-11/h2,4-5,10H,3,6-7,9H2,1H3. The highest BCUT2D eigenvalue weighted by atomic mass is 19.1. The van der Waals surface area contributed by atoms with Crippen molar-refractivity contribution in [3.8, 4) is 6.07 Å². The van der Waals surface area contributed by atoms with Crippen molar-refractivity contribution in [1.82, 2.24) is 4.90 Å². The summed E-state index contributed by atoms with van der Waals surface area (Å²) in [4.78, 5) is 13.1. The minimum Gasteiger partial charge on any atom is -0.345 e. The Bertz CT molecular complexity index is 426. The smallest absolute Gasteiger partial charge is 0.223 e. The van der Waals surface area contributed by atoms with Crippen LogP contribution in [0.1, 0.15) is 18.4 Å². The second-order valence-corrected chi connectivity index (χ2v) is 3.85. The summed E-state index contributed by atoms with van der Waals surface area (Å²) >= 11 is 0. The van der Waals surface area contributed by atoms with Crippen LogP contribution in [-0.4, -0.2) is 24.4 Å². The van der Waals surface area contributed by atoms with Gasteiger partial charge in [0.25, 0.3) is 0 Å². The number of carbonyl (C=O) groups is 1. The number of carbonyl (C=O) groups excluding carboxylic acids is 1. The summed E-state index contributed by atoms with van der Waals surface area (Å²) in [6.07, 6.45) is 1.10. The van der Waals surface area contributed by atoms with Gasteiger partial charge in [0.1, 0.15) is 5.82 Å². The molecule has 0 aliphatic carbocycles. The van der Waals surface area contributed by atoms with E-state index in [-0.39, 0.29) is 24.6 Å². The van der Waals surface area contributed by atoms with Gasteiger partial charge in [0.15, 0.2) is 0 Å². The topological polar surface area (TPSA) is 44.1 Å². The Morgan fingerprint density at radius 1 is 1.53 bits per heavy atom. The fraction of sp³-hybridized carbons (Fsp3) is 0.385. The molecule has 1 rings (SSSR count). The average Bonchev–Trinajstić information content (AvgIpc) is 2.33. The predicted molar refractivity (Wildman–Crippen MR) is 62.6 cm³/mol. The van der Waals surface area contributed by atoms with E-state index in [1.807, 2.05) is 12.1 Å². The lowest BCUT2D eigenvalue weighted by Crippen LogP contribution is -2.28. The third-order valence-electron chi connectivity index (χ3n) is 2.50. The minimum atomic E-state index is -0.263. The normalized spacial score (nSPS) is 9.71. The first-order valence-electron chi connectivity index (χ1n) is 5.49. The van der Waals surface area contributed by atoms with Crippen LogP contribution in [0, 0.1) is 17.1 Å². The fourth-order valence-corrected chi connectivity index (χ4v) is 1.47. The molecule has 1 aromatic rings. The van der Waals surface area contributed by atoms with Crippen LogP contribution in [0.25, 0.3) is 0 Å². The number of nitrogens with zero attached hydrogens (tertiary/aromatic N) is 2. The van der Waals surface area contributed by atoms with Crippen LogP contribution < -0.4 is 0 Å². The molecule has 90 valence electrons. The zero-order valence-corrected chi connectivity index (χ0v) is 9.82. The molecule has 0 atom stereocenters. The Balaban J connectivity index is 2.40. The molecular formula is C13H15FN2O. The third-order valence-corrected chi connectivity index (χ3v) is 2.50. The molecule has 0 aliphatic rings. The maximum absolute atomic E-state index is 12.9. The van der Waals surface area contributed by atoms with E-state index < -0.39 is 0 Å². The molecule has 0 radical (unpaired) electrons. The van der Waals surface area contributed by atoms with Gasteiger partial charge in [-0.3, -0.25) is 4.79 Å². The van der Waals surface area contributed by atoms with Crippen molar-refractivity contribution in [3.63, 3.8) is 0 Å². The van der Waals surface area contributed by atoms with Gasteiger partial charge >= 0.3 is 0 Å². The summed E-state index contributed by atoms with van der Waals surface area (Å²) in [6, 6.07) is 8.28. The molecule has 1 amide bonds. The Labute approximate surface area is 100 Å². The van der Waals surface area contributed by atoms with Crippen molar-refractivity contribution in [2.45, 2.75) is 19.3 Å². The minimum absolute atomic E-state index is 0.0528. The van der Waals surface area contributed by atoms with Gasteiger partial charge < -0.3 is 4.90 Å². The zero-order chi connectivity index (χ0) is 12.7. The lowest BCUT2D eigenvalue weighted by molar-refractivity contribution is -0.129. The molecule has 0 spiro atoms. The van der Waals surface area contributed by atoms with Crippen LogP contribution in [0.5, 0.6) is 0 Å². The molecule has 1 aromatic carbocycles. The third kappa shape index (κ3) is 4.64. The molecule has 0 fully saturated rings. The fourth-order valence-electron chi connectivity index (χ4n) is 1.47. The van der Waals surface area contributed by atoms with Gasteiger partial charge in [-0.1, -0.05) is 12.1 Å². The number of rotatable bonds is 5. The summed E-state index contributed by atoms with van der Waals surface area (Å²) in [6.45, 7) is 0.535. The first kappa shape index (κ1) is 13.2. The van der Waals surface area contributed by atoms with Crippen LogP contribution >= 0.6 is 0 Å². The van der Waals surface area contributed by atoms with E-state index in [0.29, 0.717) is 13.0 Å². The highest BCUT2D eigenvalue weighted by Crippen LogP contribution is 2.05. The number of nitriles is 1. The molecule has 0 saturated carbocycles. The van der Waals surface area contributed by atoms with Crippen molar-refractivity contribution in [3.05, 3.63) is 35.6 Å². The van der Waals surface area contributed by atoms with E-state index in [2.05, 4.69) is 0 Å². The maximum Gasteiger partial charge on any atom is 0.223 e. The Kier molecular flexibility index (Phi) is 5.15. The summed E-state index contributed by atoms with van der Waals surface area (Å²) in [5.41, 5.74) is 0.866. The van der Waals surface area contributed by atoms with E-state index in [9.17, 15) is 9.18 Å². The van der Waals surface area contributed by atoms with Gasteiger partial charge in [-0.15, -0.1) is 0 Å². The van der Waals surface area contributed by atoms with Gasteiger partial charge in [0.2, 0.25) is 5.91 Å². The molecule has 0 heterocycles. The van der Waals surface area contributed by atoms with Crippen molar-refractivity contribution in [2.75, 3.05) is 13.6 Å². The molecule has 0 N–H and O–H groups in total. The van der Waals surface area contributed by atoms with E-state index in [1.54, 1.807) is 18.0 Å². The van der Waals surface area contributed by atoms with Crippen LogP contribution in [0.4, 0.5) is 4.39 Å². The van der Waals surface area contributed by atoms with E-state index in [1.165, 1.54) is 12.1 Å². The van der Waals surface area contributed by atoms with Crippen molar-refractivity contribution in [1.29, 1.82) is 5.26 Å². The number of hydrogen-bond donors (Lipinski definition) is 0. The maximum atomic E-state index is 12.9. The van der Waals surface area contributed by atoms with Gasteiger partial charge in [-0.2, -0.15) is 5.26 Å². The van der Waals surface area contributed by atoms with Crippen LogP contribution in [-0.2, 0) is 11.2 Å². The SMILES string of the molecule is CN(CCc1cccc(F)c1)C(=O)CCC#N. The Morgan fingerprint density at radius 2 is 2.29 bits per heavy atom. The van der Waals surface area contributed by atoms with E-state index in [0.717, 1.165) is 5.56 Å². The summed E-state index contributed by atoms with van der Waals surface area (Å²) in [5.74, 6) is -0.316. The largest absolute Gasteiger partial charge is 0.345 e.